The molecule has 0 aliphatic carbocycles. The Kier molecular flexibility index (Phi) is 6.76. The number of nitro benzene ring substituents is 1. The standard InChI is InChI=1S/C20H25N3O4/c1-20(2,3)27-19(24)22-16-11-12-17(18(14-16)23(25)26)21-13-7-10-15-8-5-4-6-9-15/h4-6,8-9,11-12,14,21H,7,10,13H2,1-3H3,(H,22,24). The van der Waals surface area contributed by atoms with Gasteiger partial charge in [0.2, 0.25) is 0 Å². The van der Waals surface area contributed by atoms with Gasteiger partial charge < -0.3 is 10.1 Å². The lowest BCUT2D eigenvalue weighted by molar-refractivity contribution is -0.383. The van der Waals surface area contributed by atoms with Crippen LogP contribution in [0, 0.1) is 10.1 Å². The first kappa shape index (κ1) is 20.2. The van der Waals surface area contributed by atoms with Crippen LogP contribution in [0.3, 0.4) is 0 Å². The van der Waals surface area contributed by atoms with E-state index in [4.69, 9.17) is 4.74 Å². The monoisotopic (exact) mass is 371 g/mol. The van der Waals surface area contributed by atoms with Crippen molar-refractivity contribution >= 4 is 23.2 Å². The molecule has 1 amide bonds. The molecule has 144 valence electrons. The Bertz CT molecular complexity index is 786. The summed E-state index contributed by atoms with van der Waals surface area (Å²) in [5.41, 5.74) is 1.22. The number of benzene rings is 2. The Balaban J connectivity index is 1.96. The Labute approximate surface area is 158 Å². The number of hydrogen-bond donors (Lipinski definition) is 2. The van der Waals surface area contributed by atoms with Gasteiger partial charge in [-0.25, -0.2) is 4.79 Å². The molecule has 0 aliphatic heterocycles. The van der Waals surface area contributed by atoms with Crippen molar-refractivity contribution in [3.05, 3.63) is 64.2 Å². The van der Waals surface area contributed by atoms with Gasteiger partial charge in [0.15, 0.2) is 0 Å². The van der Waals surface area contributed by atoms with Crippen LogP contribution < -0.4 is 10.6 Å². The van der Waals surface area contributed by atoms with E-state index in [1.807, 2.05) is 18.2 Å². The number of aryl methyl sites for hydroxylation is 1. The van der Waals surface area contributed by atoms with Crippen molar-refractivity contribution in [2.24, 2.45) is 0 Å². The summed E-state index contributed by atoms with van der Waals surface area (Å²) in [5.74, 6) is 0. The molecule has 0 aliphatic rings. The third kappa shape index (κ3) is 6.97. The predicted octanol–water partition coefficient (Wildman–Crippen LogP) is 4.99. The molecule has 0 radical (unpaired) electrons. The van der Waals surface area contributed by atoms with E-state index in [0.29, 0.717) is 17.9 Å². The van der Waals surface area contributed by atoms with E-state index < -0.39 is 16.6 Å². The van der Waals surface area contributed by atoms with Gasteiger partial charge in [0.05, 0.1) is 10.6 Å². The highest BCUT2D eigenvalue weighted by Gasteiger charge is 2.19. The molecule has 0 saturated heterocycles. The maximum absolute atomic E-state index is 11.8. The highest BCUT2D eigenvalue weighted by molar-refractivity contribution is 5.86. The number of carbonyl (C=O) groups excluding carboxylic acids is 1. The molecular formula is C20H25N3O4. The van der Waals surface area contributed by atoms with Crippen LogP contribution in [0.15, 0.2) is 48.5 Å². The van der Waals surface area contributed by atoms with Gasteiger partial charge in [-0.3, -0.25) is 15.4 Å². The lowest BCUT2D eigenvalue weighted by atomic mass is 10.1. The molecule has 0 atom stereocenters. The molecule has 0 saturated carbocycles. The Morgan fingerprint density at radius 1 is 1.15 bits per heavy atom. The second-order valence-electron chi connectivity index (χ2n) is 7.13. The highest BCUT2D eigenvalue weighted by atomic mass is 16.6. The third-order valence-corrected chi connectivity index (χ3v) is 3.64. The minimum absolute atomic E-state index is 0.0942. The summed E-state index contributed by atoms with van der Waals surface area (Å²) in [6, 6.07) is 14.6. The van der Waals surface area contributed by atoms with Crippen molar-refractivity contribution in [2.75, 3.05) is 17.2 Å². The molecule has 2 aromatic carbocycles. The summed E-state index contributed by atoms with van der Waals surface area (Å²) in [5, 5.41) is 17.0. The second-order valence-corrected chi connectivity index (χ2v) is 7.13. The molecule has 7 heteroatoms. The molecule has 0 fully saturated rings. The van der Waals surface area contributed by atoms with Gasteiger partial charge in [-0.05, 0) is 51.3 Å². The molecule has 7 nitrogen and oxygen atoms in total. The van der Waals surface area contributed by atoms with Gasteiger partial charge in [0.25, 0.3) is 5.69 Å². The zero-order valence-corrected chi connectivity index (χ0v) is 15.8. The second kappa shape index (κ2) is 9.02. The van der Waals surface area contributed by atoms with Gasteiger partial charge >= 0.3 is 6.09 Å². The van der Waals surface area contributed by atoms with Crippen molar-refractivity contribution in [3.8, 4) is 0 Å². The van der Waals surface area contributed by atoms with Gasteiger partial charge in [-0.1, -0.05) is 30.3 Å². The van der Waals surface area contributed by atoms with Crippen molar-refractivity contribution in [3.63, 3.8) is 0 Å². The fraction of sp³-hybridized carbons (Fsp3) is 0.350. The zero-order valence-electron chi connectivity index (χ0n) is 15.8. The van der Waals surface area contributed by atoms with E-state index in [2.05, 4.69) is 22.8 Å². The Hall–Kier alpha value is -3.09. The van der Waals surface area contributed by atoms with Gasteiger partial charge in [0, 0.05) is 12.6 Å². The van der Waals surface area contributed by atoms with E-state index >= 15 is 0 Å². The van der Waals surface area contributed by atoms with Crippen molar-refractivity contribution in [2.45, 2.75) is 39.2 Å². The minimum atomic E-state index is -0.652. The summed E-state index contributed by atoms with van der Waals surface area (Å²) >= 11 is 0. The average molecular weight is 371 g/mol. The Morgan fingerprint density at radius 2 is 1.85 bits per heavy atom. The molecule has 0 spiro atoms. The van der Waals surface area contributed by atoms with Crippen LogP contribution in [0.1, 0.15) is 32.8 Å². The smallest absolute Gasteiger partial charge is 0.412 e. The molecule has 2 aromatic rings. The fourth-order valence-electron chi connectivity index (χ4n) is 2.49. The lowest BCUT2D eigenvalue weighted by Crippen LogP contribution is -2.27. The number of amides is 1. The number of anilines is 2. The summed E-state index contributed by atoms with van der Waals surface area (Å²) in [6.45, 7) is 5.85. The lowest BCUT2D eigenvalue weighted by Gasteiger charge is -2.19. The number of nitrogens with zero attached hydrogens (tertiary/aromatic N) is 1. The fourth-order valence-corrected chi connectivity index (χ4v) is 2.49. The quantitative estimate of drug-likeness (QED) is 0.406. The molecular weight excluding hydrogens is 346 g/mol. The molecule has 2 rings (SSSR count). The first-order valence-electron chi connectivity index (χ1n) is 8.81. The molecule has 0 unspecified atom stereocenters. The van der Waals surface area contributed by atoms with Crippen LogP contribution in [0.25, 0.3) is 0 Å². The zero-order chi connectivity index (χ0) is 19.9. The van der Waals surface area contributed by atoms with Crippen LogP contribution in [0.2, 0.25) is 0 Å². The van der Waals surface area contributed by atoms with Gasteiger partial charge in [-0.15, -0.1) is 0 Å². The topological polar surface area (TPSA) is 93.5 Å². The van der Waals surface area contributed by atoms with Crippen LogP contribution in [-0.2, 0) is 11.2 Å². The van der Waals surface area contributed by atoms with E-state index in [-0.39, 0.29) is 5.69 Å². The van der Waals surface area contributed by atoms with Crippen LogP contribution in [-0.4, -0.2) is 23.2 Å². The largest absolute Gasteiger partial charge is 0.444 e. The van der Waals surface area contributed by atoms with Crippen LogP contribution in [0.4, 0.5) is 21.9 Å². The SMILES string of the molecule is CC(C)(C)OC(=O)Nc1ccc(NCCCc2ccccc2)c([N+](=O)[O-])c1. The number of ether oxygens (including phenoxy) is 1. The summed E-state index contributed by atoms with van der Waals surface area (Å²) in [7, 11) is 0. The number of nitro groups is 1. The number of carbonyl (C=O) groups is 1. The van der Waals surface area contributed by atoms with E-state index in [0.717, 1.165) is 12.8 Å². The predicted molar refractivity (Wildman–Crippen MR) is 106 cm³/mol. The van der Waals surface area contributed by atoms with E-state index in [9.17, 15) is 14.9 Å². The molecule has 0 aromatic heterocycles. The number of hydrogen-bond acceptors (Lipinski definition) is 5. The third-order valence-electron chi connectivity index (χ3n) is 3.64. The molecule has 2 N–H and O–H groups in total. The number of nitrogens with one attached hydrogen (secondary N) is 2. The first-order valence-corrected chi connectivity index (χ1v) is 8.81. The average Bonchev–Trinajstić information content (AvgIpc) is 2.58. The maximum Gasteiger partial charge on any atom is 0.412 e. The Morgan fingerprint density at radius 3 is 2.48 bits per heavy atom. The van der Waals surface area contributed by atoms with E-state index in [1.165, 1.54) is 11.6 Å². The maximum atomic E-state index is 11.8. The van der Waals surface area contributed by atoms with Gasteiger partial charge in [0.1, 0.15) is 11.3 Å². The number of rotatable bonds is 7. The highest BCUT2D eigenvalue weighted by Crippen LogP contribution is 2.28. The van der Waals surface area contributed by atoms with Gasteiger partial charge in [-0.2, -0.15) is 0 Å². The van der Waals surface area contributed by atoms with Crippen molar-refractivity contribution < 1.29 is 14.5 Å². The van der Waals surface area contributed by atoms with Crippen molar-refractivity contribution in [1.29, 1.82) is 0 Å². The van der Waals surface area contributed by atoms with Crippen LogP contribution in [0.5, 0.6) is 0 Å². The molecule has 0 heterocycles. The summed E-state index contributed by atoms with van der Waals surface area (Å²) in [6.07, 6.45) is 1.08. The summed E-state index contributed by atoms with van der Waals surface area (Å²) in [4.78, 5) is 22.7. The molecule has 27 heavy (non-hydrogen) atoms. The minimum Gasteiger partial charge on any atom is -0.444 e. The van der Waals surface area contributed by atoms with E-state index in [1.54, 1.807) is 32.9 Å². The summed E-state index contributed by atoms with van der Waals surface area (Å²) < 4.78 is 5.16. The normalized spacial score (nSPS) is 10.9. The van der Waals surface area contributed by atoms with Crippen molar-refractivity contribution in [1.82, 2.24) is 0 Å². The first-order chi connectivity index (χ1) is 12.7. The molecule has 0 bridgehead atoms. The van der Waals surface area contributed by atoms with Crippen LogP contribution >= 0.6 is 0 Å².